The monoisotopic (exact) mass is 349 g/mol. The first-order valence-electron chi connectivity index (χ1n) is 8.49. The highest BCUT2D eigenvalue weighted by Gasteiger charge is 2.20. The van der Waals surface area contributed by atoms with Crippen LogP contribution in [0, 0.1) is 0 Å². The number of primary amides is 1. The number of hydrogen-bond donors (Lipinski definition) is 1. The number of aromatic nitrogens is 3. The molecule has 0 saturated carbocycles. The highest BCUT2D eigenvalue weighted by molar-refractivity contribution is 5.96. The van der Waals surface area contributed by atoms with Gasteiger partial charge < -0.3 is 15.4 Å². The van der Waals surface area contributed by atoms with Crippen molar-refractivity contribution in [3.63, 3.8) is 0 Å². The summed E-state index contributed by atoms with van der Waals surface area (Å²) in [6.45, 7) is 4.37. The maximum absolute atomic E-state index is 11.4. The summed E-state index contributed by atoms with van der Waals surface area (Å²) in [4.78, 5) is 27.1. The van der Waals surface area contributed by atoms with E-state index in [2.05, 4.69) is 26.8 Å². The molecule has 0 spiro atoms. The Morgan fingerprint density at radius 3 is 2.85 bits per heavy atom. The van der Waals surface area contributed by atoms with Crippen LogP contribution < -0.4 is 10.6 Å². The van der Waals surface area contributed by atoms with Crippen LogP contribution in [0.2, 0.25) is 0 Å². The van der Waals surface area contributed by atoms with Crippen molar-refractivity contribution < 1.29 is 9.53 Å². The summed E-state index contributed by atoms with van der Waals surface area (Å²) >= 11 is 0. The van der Waals surface area contributed by atoms with E-state index < -0.39 is 5.91 Å². The lowest BCUT2D eigenvalue weighted by Crippen LogP contribution is -2.44. The first kappa shape index (κ1) is 16.4. The van der Waals surface area contributed by atoms with E-state index in [9.17, 15) is 4.79 Å². The van der Waals surface area contributed by atoms with Crippen LogP contribution in [0.15, 0.2) is 42.7 Å². The third-order valence-electron chi connectivity index (χ3n) is 4.54. The molecule has 3 heterocycles. The molecule has 1 fully saturated rings. The Labute approximate surface area is 150 Å². The van der Waals surface area contributed by atoms with Gasteiger partial charge in [0.2, 0.25) is 5.91 Å². The molecule has 2 N–H and O–H groups in total. The highest BCUT2D eigenvalue weighted by atomic mass is 16.5. The first-order valence-corrected chi connectivity index (χ1v) is 8.49. The first-order chi connectivity index (χ1) is 12.6. The molecule has 1 amide bonds. The third-order valence-corrected chi connectivity index (χ3v) is 4.54. The zero-order chi connectivity index (χ0) is 18.1. The number of carbonyl (C=O) groups is 1. The van der Waals surface area contributed by atoms with Crippen molar-refractivity contribution in [2.75, 3.05) is 24.7 Å². The lowest BCUT2D eigenvalue weighted by atomic mass is 10.1. The van der Waals surface area contributed by atoms with Gasteiger partial charge >= 0.3 is 0 Å². The number of nitrogens with zero attached hydrogens (tertiary/aromatic N) is 4. The van der Waals surface area contributed by atoms with Crippen LogP contribution in [0.25, 0.3) is 22.3 Å². The van der Waals surface area contributed by atoms with Crippen LogP contribution in [-0.2, 0) is 4.74 Å². The molecule has 0 radical (unpaired) electrons. The van der Waals surface area contributed by atoms with Gasteiger partial charge in [-0.15, -0.1) is 0 Å². The molecule has 0 bridgehead atoms. The number of rotatable bonds is 3. The molecule has 7 nitrogen and oxygen atoms in total. The molecule has 1 aliphatic rings. The topological polar surface area (TPSA) is 94.2 Å². The van der Waals surface area contributed by atoms with Crippen LogP contribution in [0.1, 0.15) is 17.3 Å². The average Bonchev–Trinajstić information content (AvgIpc) is 2.67. The van der Waals surface area contributed by atoms with E-state index in [1.165, 1.54) is 0 Å². The second kappa shape index (κ2) is 6.68. The lowest BCUT2D eigenvalue weighted by molar-refractivity contribution is 0.0985. The summed E-state index contributed by atoms with van der Waals surface area (Å²) in [5, 5.41) is 0.852. The predicted molar refractivity (Wildman–Crippen MR) is 98.9 cm³/mol. The van der Waals surface area contributed by atoms with Gasteiger partial charge in [-0.1, -0.05) is 6.07 Å². The van der Waals surface area contributed by atoms with Crippen molar-refractivity contribution in [1.29, 1.82) is 0 Å². The van der Waals surface area contributed by atoms with Gasteiger partial charge in [-0.05, 0) is 31.2 Å². The number of nitrogens with two attached hydrogens (primary N) is 1. The van der Waals surface area contributed by atoms with Crippen LogP contribution in [0.4, 0.5) is 5.82 Å². The Hall–Kier alpha value is -3.06. The Kier molecular flexibility index (Phi) is 4.22. The smallest absolute Gasteiger partial charge is 0.248 e. The molecule has 1 atom stereocenters. The second-order valence-electron chi connectivity index (χ2n) is 6.35. The maximum atomic E-state index is 11.4. The van der Waals surface area contributed by atoms with Gasteiger partial charge in [0.25, 0.3) is 0 Å². The average molecular weight is 349 g/mol. The number of anilines is 1. The summed E-state index contributed by atoms with van der Waals surface area (Å²) in [5.41, 5.74) is 7.27. The summed E-state index contributed by atoms with van der Waals surface area (Å²) in [5.74, 6) is 1.01. The van der Waals surface area contributed by atoms with Crippen LogP contribution in [-0.4, -0.2) is 46.7 Å². The minimum atomic E-state index is -0.474. The third kappa shape index (κ3) is 3.09. The van der Waals surface area contributed by atoms with E-state index in [1.54, 1.807) is 30.6 Å². The fourth-order valence-electron chi connectivity index (χ4n) is 3.07. The van der Waals surface area contributed by atoms with Gasteiger partial charge in [0.1, 0.15) is 5.82 Å². The maximum Gasteiger partial charge on any atom is 0.248 e. The molecule has 3 aromatic rings. The van der Waals surface area contributed by atoms with Crippen LogP contribution in [0.5, 0.6) is 0 Å². The van der Waals surface area contributed by atoms with Crippen molar-refractivity contribution in [1.82, 2.24) is 15.0 Å². The molecule has 1 unspecified atom stereocenters. The summed E-state index contributed by atoms with van der Waals surface area (Å²) in [7, 11) is 0. The van der Waals surface area contributed by atoms with Gasteiger partial charge in [0, 0.05) is 35.5 Å². The van der Waals surface area contributed by atoms with Gasteiger partial charge in [-0.3, -0.25) is 4.79 Å². The molecular formula is C19H19N5O2. The standard InChI is InChI=1S/C19H19N5O2/c1-12-11-26-7-6-24(12)17-5-4-15(10-21-17)19-22-9-14-3-2-13(18(20)25)8-16(14)23-19/h2-5,8-10,12H,6-7,11H2,1H3,(H2,20,25). The summed E-state index contributed by atoms with van der Waals surface area (Å²) < 4.78 is 5.47. The van der Waals surface area contributed by atoms with Crippen molar-refractivity contribution >= 4 is 22.6 Å². The van der Waals surface area contributed by atoms with Gasteiger partial charge in [0.05, 0.1) is 24.8 Å². The number of fused-ring (bicyclic) bond motifs is 1. The van der Waals surface area contributed by atoms with Crippen molar-refractivity contribution in [2.24, 2.45) is 5.73 Å². The Morgan fingerprint density at radius 1 is 1.23 bits per heavy atom. The summed E-state index contributed by atoms with van der Waals surface area (Å²) in [6, 6.07) is 9.38. The lowest BCUT2D eigenvalue weighted by Gasteiger charge is -2.34. The van der Waals surface area contributed by atoms with Crippen molar-refractivity contribution in [3.8, 4) is 11.4 Å². The largest absolute Gasteiger partial charge is 0.377 e. The minimum Gasteiger partial charge on any atom is -0.377 e. The molecule has 132 valence electrons. The van der Waals surface area contributed by atoms with Gasteiger partial charge in [-0.25, -0.2) is 15.0 Å². The van der Waals surface area contributed by atoms with E-state index in [4.69, 9.17) is 10.5 Å². The molecular weight excluding hydrogens is 330 g/mol. The van der Waals surface area contributed by atoms with Gasteiger partial charge in [0.15, 0.2) is 5.82 Å². The van der Waals surface area contributed by atoms with Crippen LogP contribution >= 0.6 is 0 Å². The molecule has 26 heavy (non-hydrogen) atoms. The molecule has 1 aromatic carbocycles. The Balaban J connectivity index is 1.65. The molecule has 1 aliphatic heterocycles. The zero-order valence-corrected chi connectivity index (χ0v) is 14.4. The Bertz CT molecular complexity index is 958. The molecule has 7 heteroatoms. The van der Waals surface area contributed by atoms with Crippen LogP contribution in [0.3, 0.4) is 0 Å². The van der Waals surface area contributed by atoms with Crippen molar-refractivity contribution in [2.45, 2.75) is 13.0 Å². The van der Waals surface area contributed by atoms with E-state index in [-0.39, 0.29) is 0 Å². The SMILES string of the molecule is CC1COCCN1c1ccc(-c2ncc3ccc(C(N)=O)cc3n2)cn1. The fourth-order valence-corrected chi connectivity index (χ4v) is 3.07. The minimum absolute atomic E-state index is 0.297. The quantitative estimate of drug-likeness (QED) is 0.777. The molecule has 1 saturated heterocycles. The van der Waals surface area contributed by atoms with Crippen molar-refractivity contribution in [3.05, 3.63) is 48.3 Å². The molecule has 0 aliphatic carbocycles. The number of hydrogen-bond acceptors (Lipinski definition) is 6. The number of amides is 1. The second-order valence-corrected chi connectivity index (χ2v) is 6.35. The number of ether oxygens (including phenoxy) is 1. The number of carbonyl (C=O) groups excluding carboxylic acids is 1. The molecule has 4 rings (SSSR count). The van der Waals surface area contributed by atoms with E-state index in [0.29, 0.717) is 36.2 Å². The number of benzene rings is 1. The van der Waals surface area contributed by atoms with E-state index in [0.717, 1.165) is 23.3 Å². The van der Waals surface area contributed by atoms with Gasteiger partial charge in [-0.2, -0.15) is 0 Å². The summed E-state index contributed by atoms with van der Waals surface area (Å²) in [6.07, 6.45) is 3.51. The van der Waals surface area contributed by atoms with E-state index in [1.807, 2.05) is 12.1 Å². The highest BCUT2D eigenvalue weighted by Crippen LogP contribution is 2.22. The number of pyridine rings is 1. The Morgan fingerprint density at radius 2 is 2.12 bits per heavy atom. The predicted octanol–water partition coefficient (Wildman–Crippen LogP) is 2.02. The normalized spacial score (nSPS) is 17.4. The fraction of sp³-hybridized carbons (Fsp3) is 0.263. The molecule has 2 aromatic heterocycles. The zero-order valence-electron chi connectivity index (χ0n) is 14.4. The number of morpholine rings is 1. The van der Waals surface area contributed by atoms with E-state index >= 15 is 0 Å².